The Hall–Kier alpha value is -3.28. The maximum Gasteiger partial charge on any atom is 0.319 e. The number of benzene rings is 1. The van der Waals surface area contributed by atoms with Crippen LogP contribution in [-0.4, -0.2) is 92.6 Å². The Balaban J connectivity index is 1.59. The van der Waals surface area contributed by atoms with Crippen molar-refractivity contribution in [1.29, 1.82) is 0 Å². The molecule has 0 saturated carbocycles. The molecule has 0 bridgehead atoms. The second kappa shape index (κ2) is 12.8. The van der Waals surface area contributed by atoms with Gasteiger partial charge in [-0.25, -0.2) is 14.8 Å². The number of anilines is 2. The van der Waals surface area contributed by atoms with Gasteiger partial charge in [0, 0.05) is 50.0 Å². The number of amides is 3. The third-order valence-corrected chi connectivity index (χ3v) is 6.43. The number of morpholine rings is 1. The molecule has 2 aromatic rings. The normalized spacial score (nSPS) is 17.3. The fraction of sp³-hybridized carbons (Fsp3) is 0.538. The summed E-state index contributed by atoms with van der Waals surface area (Å²) in [6.45, 7) is 8.37. The van der Waals surface area contributed by atoms with Crippen molar-refractivity contribution < 1.29 is 23.8 Å². The first-order valence-corrected chi connectivity index (χ1v) is 12.7. The number of methoxy groups -OCH3 is 1. The maximum absolute atomic E-state index is 12.8. The van der Waals surface area contributed by atoms with Gasteiger partial charge in [0.15, 0.2) is 5.82 Å². The molecule has 0 aliphatic carbocycles. The Bertz CT molecular complexity index is 1080. The van der Waals surface area contributed by atoms with E-state index >= 15 is 0 Å². The number of ether oxygens (including phenoxy) is 3. The molecule has 200 valence electrons. The smallest absolute Gasteiger partial charge is 0.319 e. The topological polar surface area (TPSA) is 118 Å². The first kappa shape index (κ1) is 26.8. The quantitative estimate of drug-likeness (QED) is 0.490. The second-order valence-corrected chi connectivity index (χ2v) is 9.09. The maximum atomic E-state index is 12.8. The van der Waals surface area contributed by atoms with Crippen molar-refractivity contribution in [3.63, 3.8) is 0 Å². The highest BCUT2D eigenvalue weighted by Gasteiger charge is 2.30. The SMILES string of the molecule is CCNC(=O)Nc1ccc(-c2nc3c(c(N4CCOCC4C)n2)CN(C(=O)COCCOC)CC3)cc1. The van der Waals surface area contributed by atoms with E-state index in [1.54, 1.807) is 7.11 Å². The third-order valence-electron chi connectivity index (χ3n) is 6.43. The molecule has 11 nitrogen and oxygen atoms in total. The molecule has 1 aromatic carbocycles. The summed E-state index contributed by atoms with van der Waals surface area (Å²) in [6.07, 6.45) is 0.636. The summed E-state index contributed by atoms with van der Waals surface area (Å²) in [7, 11) is 1.60. The van der Waals surface area contributed by atoms with Gasteiger partial charge in [-0.3, -0.25) is 4.79 Å². The highest BCUT2D eigenvalue weighted by Crippen LogP contribution is 2.32. The molecule has 11 heteroatoms. The summed E-state index contributed by atoms with van der Waals surface area (Å²) < 4.78 is 16.1. The molecule has 0 spiro atoms. The van der Waals surface area contributed by atoms with Crippen LogP contribution in [0.1, 0.15) is 25.1 Å². The van der Waals surface area contributed by atoms with Crippen molar-refractivity contribution >= 4 is 23.4 Å². The number of carbonyl (C=O) groups excluding carboxylic acids is 2. The average molecular weight is 513 g/mol. The molecule has 3 amide bonds. The number of aromatic nitrogens is 2. The van der Waals surface area contributed by atoms with E-state index in [1.807, 2.05) is 36.1 Å². The van der Waals surface area contributed by atoms with Crippen molar-refractivity contribution in [1.82, 2.24) is 20.2 Å². The van der Waals surface area contributed by atoms with Crippen molar-refractivity contribution in [2.24, 2.45) is 0 Å². The average Bonchev–Trinajstić information content (AvgIpc) is 2.91. The van der Waals surface area contributed by atoms with Gasteiger partial charge in [0.05, 0.1) is 44.7 Å². The summed E-state index contributed by atoms with van der Waals surface area (Å²) in [5.41, 5.74) is 3.48. The molecule has 1 aromatic heterocycles. The lowest BCUT2D eigenvalue weighted by molar-refractivity contribution is -0.137. The Morgan fingerprint density at radius 2 is 1.97 bits per heavy atom. The molecule has 2 N–H and O–H groups in total. The largest absolute Gasteiger partial charge is 0.382 e. The van der Waals surface area contributed by atoms with Crippen LogP contribution < -0.4 is 15.5 Å². The van der Waals surface area contributed by atoms with Crippen LogP contribution in [0, 0.1) is 0 Å². The Labute approximate surface area is 217 Å². The van der Waals surface area contributed by atoms with Gasteiger partial charge < -0.3 is 34.6 Å². The van der Waals surface area contributed by atoms with Crippen LogP contribution in [0.25, 0.3) is 11.4 Å². The molecule has 1 atom stereocenters. The van der Waals surface area contributed by atoms with Gasteiger partial charge in [-0.2, -0.15) is 0 Å². The highest BCUT2D eigenvalue weighted by molar-refractivity contribution is 5.89. The number of nitrogens with zero attached hydrogens (tertiary/aromatic N) is 4. The molecule has 2 aliphatic rings. The molecular weight excluding hydrogens is 476 g/mol. The van der Waals surface area contributed by atoms with Crippen LogP contribution in [0.4, 0.5) is 16.3 Å². The zero-order valence-electron chi connectivity index (χ0n) is 21.8. The number of nitrogens with one attached hydrogen (secondary N) is 2. The van der Waals surface area contributed by atoms with Gasteiger partial charge in [-0.1, -0.05) is 0 Å². The molecule has 1 fully saturated rings. The summed E-state index contributed by atoms with van der Waals surface area (Å²) >= 11 is 0. The van der Waals surface area contributed by atoms with Gasteiger partial charge in [0.2, 0.25) is 5.91 Å². The number of urea groups is 1. The first-order valence-electron chi connectivity index (χ1n) is 12.7. The van der Waals surface area contributed by atoms with Gasteiger partial charge in [-0.15, -0.1) is 0 Å². The molecule has 0 radical (unpaired) electrons. The zero-order chi connectivity index (χ0) is 26.2. The van der Waals surface area contributed by atoms with Crippen LogP contribution in [0.15, 0.2) is 24.3 Å². The van der Waals surface area contributed by atoms with E-state index in [0.717, 1.165) is 22.6 Å². The Kier molecular flexibility index (Phi) is 9.26. The van der Waals surface area contributed by atoms with Crippen LogP contribution in [0.5, 0.6) is 0 Å². The molecule has 37 heavy (non-hydrogen) atoms. The van der Waals surface area contributed by atoms with Crippen LogP contribution in [-0.2, 0) is 32.0 Å². The molecule has 1 saturated heterocycles. The highest BCUT2D eigenvalue weighted by atomic mass is 16.5. The van der Waals surface area contributed by atoms with Gasteiger partial charge in [0.1, 0.15) is 12.4 Å². The molecule has 3 heterocycles. The fourth-order valence-electron chi connectivity index (χ4n) is 4.45. The monoisotopic (exact) mass is 512 g/mol. The lowest BCUT2D eigenvalue weighted by Crippen LogP contribution is -2.46. The molecular formula is C26H36N6O5. The van der Waals surface area contributed by atoms with E-state index < -0.39 is 0 Å². The number of fused-ring (bicyclic) bond motifs is 1. The Morgan fingerprint density at radius 1 is 1.16 bits per heavy atom. The second-order valence-electron chi connectivity index (χ2n) is 9.09. The van der Waals surface area contributed by atoms with Crippen molar-refractivity contribution in [2.45, 2.75) is 32.9 Å². The predicted octanol–water partition coefficient (Wildman–Crippen LogP) is 2.06. The van der Waals surface area contributed by atoms with Crippen molar-refractivity contribution in [3.8, 4) is 11.4 Å². The lowest BCUT2D eigenvalue weighted by atomic mass is 10.0. The van der Waals surface area contributed by atoms with Crippen molar-refractivity contribution in [3.05, 3.63) is 35.5 Å². The number of carbonyl (C=O) groups is 2. The van der Waals surface area contributed by atoms with Gasteiger partial charge >= 0.3 is 6.03 Å². The summed E-state index contributed by atoms with van der Waals surface area (Å²) in [5, 5.41) is 5.53. The third kappa shape index (κ3) is 6.73. The van der Waals surface area contributed by atoms with Gasteiger partial charge in [0.25, 0.3) is 0 Å². The Morgan fingerprint density at radius 3 is 2.70 bits per heavy atom. The van der Waals surface area contributed by atoms with Crippen molar-refractivity contribution in [2.75, 3.05) is 70.0 Å². The predicted molar refractivity (Wildman–Crippen MR) is 140 cm³/mol. The standard InChI is InChI=1S/C26H36N6O5/c1-4-27-26(34)28-20-7-5-19(6-8-20)24-29-22-9-10-31(23(33)17-37-14-13-35-3)15-21(22)25(30-24)32-11-12-36-16-18(32)2/h5-8,18H,4,9-17H2,1-3H3,(H2,27,28,34). The minimum atomic E-state index is -0.243. The minimum Gasteiger partial charge on any atom is -0.382 e. The van der Waals surface area contributed by atoms with E-state index in [9.17, 15) is 9.59 Å². The van der Waals surface area contributed by atoms with E-state index in [2.05, 4.69) is 22.5 Å². The van der Waals surface area contributed by atoms with Crippen LogP contribution >= 0.6 is 0 Å². The van der Waals surface area contributed by atoms with E-state index in [4.69, 9.17) is 24.2 Å². The minimum absolute atomic E-state index is 0.0254. The molecule has 2 aliphatic heterocycles. The van der Waals surface area contributed by atoms with Crippen LogP contribution in [0.2, 0.25) is 0 Å². The summed E-state index contributed by atoms with van der Waals surface area (Å²) in [5.74, 6) is 1.42. The van der Waals surface area contributed by atoms with E-state index in [0.29, 0.717) is 70.5 Å². The molecule has 4 rings (SSSR count). The fourth-order valence-corrected chi connectivity index (χ4v) is 4.45. The number of rotatable bonds is 9. The van der Waals surface area contributed by atoms with Gasteiger partial charge in [-0.05, 0) is 38.1 Å². The molecule has 1 unspecified atom stereocenters. The van der Waals surface area contributed by atoms with Crippen LogP contribution in [0.3, 0.4) is 0 Å². The summed E-state index contributed by atoms with van der Waals surface area (Å²) in [6, 6.07) is 7.40. The number of hydrogen-bond donors (Lipinski definition) is 2. The van der Waals surface area contributed by atoms with E-state index in [1.165, 1.54) is 0 Å². The zero-order valence-corrected chi connectivity index (χ0v) is 21.8. The first-order chi connectivity index (χ1) is 18.0. The summed E-state index contributed by atoms with van der Waals surface area (Å²) in [4.78, 5) is 38.6. The number of hydrogen-bond acceptors (Lipinski definition) is 8. The lowest BCUT2D eigenvalue weighted by Gasteiger charge is -2.38. The van der Waals surface area contributed by atoms with E-state index in [-0.39, 0.29) is 24.6 Å².